The number of ketones is 1. The van der Waals surface area contributed by atoms with Gasteiger partial charge in [-0.1, -0.05) is 23.7 Å². The van der Waals surface area contributed by atoms with E-state index in [1.807, 2.05) is 19.1 Å². The number of likely N-dealkylation sites (tertiary alicyclic amines) is 1. The lowest BCUT2D eigenvalue weighted by Crippen LogP contribution is -2.47. The average molecular weight is 295 g/mol. The molecule has 4 heteroatoms. The Labute approximate surface area is 126 Å². The summed E-state index contributed by atoms with van der Waals surface area (Å²) in [7, 11) is 4.21. The molecule has 0 radical (unpaired) electrons. The number of carbonyl (C=O) groups is 1. The summed E-state index contributed by atoms with van der Waals surface area (Å²) >= 11 is 5.97. The van der Waals surface area contributed by atoms with Gasteiger partial charge in [-0.05, 0) is 59.1 Å². The van der Waals surface area contributed by atoms with Gasteiger partial charge in [0.2, 0.25) is 0 Å². The van der Waals surface area contributed by atoms with Crippen molar-refractivity contribution >= 4 is 17.4 Å². The molecule has 0 bridgehead atoms. The molecule has 1 unspecified atom stereocenters. The maximum atomic E-state index is 12.5. The largest absolute Gasteiger partial charge is 0.306 e. The van der Waals surface area contributed by atoms with E-state index in [-0.39, 0.29) is 11.8 Å². The Hall–Kier alpha value is -0.900. The van der Waals surface area contributed by atoms with Crippen LogP contribution < -0.4 is 0 Å². The Bertz CT molecular complexity index is 469. The second-order valence-electron chi connectivity index (χ2n) is 5.75. The van der Waals surface area contributed by atoms with Crippen molar-refractivity contribution in [3.05, 3.63) is 34.9 Å². The number of halogens is 1. The van der Waals surface area contributed by atoms with Crippen molar-refractivity contribution in [1.29, 1.82) is 0 Å². The maximum absolute atomic E-state index is 12.5. The van der Waals surface area contributed by atoms with Crippen molar-refractivity contribution in [3.8, 4) is 0 Å². The van der Waals surface area contributed by atoms with Crippen LogP contribution in [0.2, 0.25) is 5.02 Å². The Kier molecular flexibility index (Phi) is 5.19. The van der Waals surface area contributed by atoms with Crippen molar-refractivity contribution in [3.63, 3.8) is 0 Å². The second-order valence-corrected chi connectivity index (χ2v) is 6.19. The van der Waals surface area contributed by atoms with E-state index in [9.17, 15) is 4.79 Å². The van der Waals surface area contributed by atoms with Crippen LogP contribution in [0.1, 0.15) is 30.1 Å². The highest BCUT2D eigenvalue weighted by Crippen LogP contribution is 2.19. The zero-order chi connectivity index (χ0) is 14.7. The minimum atomic E-state index is -0.109. The SMILES string of the molecule is CC(C(=O)c1cccc(Cl)c1)N(C)C1CCN(C)CC1. The van der Waals surface area contributed by atoms with Gasteiger partial charge < -0.3 is 4.90 Å². The van der Waals surface area contributed by atoms with E-state index in [4.69, 9.17) is 11.6 Å². The lowest BCUT2D eigenvalue weighted by atomic mass is 9.99. The fraction of sp³-hybridized carbons (Fsp3) is 0.562. The molecule has 1 aliphatic heterocycles. The van der Waals surface area contributed by atoms with Crippen LogP contribution in [0.4, 0.5) is 0 Å². The number of rotatable bonds is 4. The number of benzene rings is 1. The molecule has 3 nitrogen and oxygen atoms in total. The summed E-state index contributed by atoms with van der Waals surface area (Å²) in [5, 5.41) is 0.616. The normalized spacial score (nSPS) is 19.2. The topological polar surface area (TPSA) is 23.6 Å². The van der Waals surface area contributed by atoms with Crippen LogP contribution in [0.25, 0.3) is 0 Å². The number of piperidine rings is 1. The van der Waals surface area contributed by atoms with Gasteiger partial charge in [-0.25, -0.2) is 0 Å². The molecule has 20 heavy (non-hydrogen) atoms. The van der Waals surface area contributed by atoms with E-state index in [0.29, 0.717) is 16.6 Å². The standard InChI is InChI=1S/C16H23ClN2O/c1-12(16(20)13-5-4-6-14(17)11-13)19(3)15-7-9-18(2)10-8-15/h4-6,11-12,15H,7-10H2,1-3H3. The van der Waals surface area contributed by atoms with E-state index in [2.05, 4.69) is 23.9 Å². The molecule has 0 aromatic heterocycles. The molecule has 1 heterocycles. The summed E-state index contributed by atoms with van der Waals surface area (Å²) in [4.78, 5) is 17.1. The summed E-state index contributed by atoms with van der Waals surface area (Å²) in [5.74, 6) is 0.147. The first kappa shape index (κ1) is 15.5. The van der Waals surface area contributed by atoms with Crippen LogP contribution in [0.3, 0.4) is 0 Å². The van der Waals surface area contributed by atoms with Crippen LogP contribution in [0, 0.1) is 0 Å². The first-order chi connectivity index (χ1) is 9.49. The van der Waals surface area contributed by atoms with Crippen LogP contribution in [0.5, 0.6) is 0 Å². The predicted octanol–water partition coefficient (Wildman–Crippen LogP) is 2.94. The van der Waals surface area contributed by atoms with E-state index >= 15 is 0 Å². The van der Waals surface area contributed by atoms with Crippen molar-refractivity contribution in [2.45, 2.75) is 31.8 Å². The summed E-state index contributed by atoms with van der Waals surface area (Å²) < 4.78 is 0. The van der Waals surface area contributed by atoms with Gasteiger partial charge in [0.15, 0.2) is 5.78 Å². The predicted molar refractivity (Wildman–Crippen MR) is 83.5 cm³/mol. The summed E-state index contributed by atoms with van der Waals surface area (Å²) in [5.41, 5.74) is 0.699. The summed E-state index contributed by atoms with van der Waals surface area (Å²) in [6, 6.07) is 7.60. The van der Waals surface area contributed by atoms with Gasteiger partial charge in [0.1, 0.15) is 0 Å². The molecule has 1 fully saturated rings. The van der Waals surface area contributed by atoms with Gasteiger partial charge in [-0.3, -0.25) is 9.69 Å². The minimum absolute atomic E-state index is 0.109. The quantitative estimate of drug-likeness (QED) is 0.798. The second kappa shape index (κ2) is 6.70. The molecule has 0 saturated carbocycles. The Morgan fingerprint density at radius 3 is 2.65 bits per heavy atom. The molecule has 110 valence electrons. The number of carbonyl (C=O) groups excluding carboxylic acids is 1. The molecular weight excluding hydrogens is 272 g/mol. The molecule has 0 aliphatic carbocycles. The third-order valence-corrected chi connectivity index (χ3v) is 4.60. The van der Waals surface area contributed by atoms with Crippen molar-refractivity contribution in [2.24, 2.45) is 0 Å². The van der Waals surface area contributed by atoms with E-state index in [1.54, 1.807) is 12.1 Å². The van der Waals surface area contributed by atoms with Gasteiger partial charge in [0.05, 0.1) is 6.04 Å². The van der Waals surface area contributed by atoms with E-state index < -0.39 is 0 Å². The molecule has 2 rings (SSSR count). The highest BCUT2D eigenvalue weighted by molar-refractivity contribution is 6.31. The van der Waals surface area contributed by atoms with Crippen molar-refractivity contribution in [2.75, 3.05) is 27.2 Å². The summed E-state index contributed by atoms with van der Waals surface area (Å²) in [6.07, 6.45) is 2.25. The molecule has 1 aromatic rings. The first-order valence-corrected chi connectivity index (χ1v) is 7.57. The lowest BCUT2D eigenvalue weighted by molar-refractivity contribution is 0.0731. The fourth-order valence-corrected chi connectivity index (χ4v) is 2.98. The van der Waals surface area contributed by atoms with Gasteiger partial charge in [0, 0.05) is 16.6 Å². The molecule has 1 aromatic carbocycles. The van der Waals surface area contributed by atoms with Crippen LogP contribution >= 0.6 is 11.6 Å². The smallest absolute Gasteiger partial charge is 0.179 e. The highest BCUT2D eigenvalue weighted by Gasteiger charge is 2.27. The third-order valence-electron chi connectivity index (χ3n) is 4.36. The molecule has 1 saturated heterocycles. The molecule has 1 aliphatic rings. The van der Waals surface area contributed by atoms with E-state index in [1.165, 1.54) is 0 Å². The highest BCUT2D eigenvalue weighted by atomic mass is 35.5. The monoisotopic (exact) mass is 294 g/mol. The molecular formula is C16H23ClN2O. The Balaban J connectivity index is 2.02. The number of Topliss-reactive ketones (excluding diaryl/α,β-unsaturated/α-hetero) is 1. The average Bonchev–Trinajstić information content (AvgIpc) is 2.46. The van der Waals surface area contributed by atoms with Gasteiger partial charge in [-0.2, -0.15) is 0 Å². The number of hydrogen-bond acceptors (Lipinski definition) is 3. The van der Waals surface area contributed by atoms with Gasteiger partial charge in [0.25, 0.3) is 0 Å². The zero-order valence-electron chi connectivity index (χ0n) is 12.5. The Morgan fingerprint density at radius 1 is 1.40 bits per heavy atom. The number of nitrogens with zero attached hydrogens (tertiary/aromatic N) is 2. The zero-order valence-corrected chi connectivity index (χ0v) is 13.2. The Morgan fingerprint density at radius 2 is 2.05 bits per heavy atom. The van der Waals surface area contributed by atoms with Gasteiger partial charge in [-0.15, -0.1) is 0 Å². The minimum Gasteiger partial charge on any atom is -0.306 e. The van der Waals surface area contributed by atoms with Crippen molar-refractivity contribution < 1.29 is 4.79 Å². The molecule has 1 atom stereocenters. The van der Waals surface area contributed by atoms with E-state index in [0.717, 1.165) is 25.9 Å². The lowest BCUT2D eigenvalue weighted by Gasteiger charge is -2.37. The number of hydrogen-bond donors (Lipinski definition) is 0. The third kappa shape index (κ3) is 3.60. The fourth-order valence-electron chi connectivity index (χ4n) is 2.79. The van der Waals surface area contributed by atoms with Crippen LogP contribution in [-0.2, 0) is 0 Å². The van der Waals surface area contributed by atoms with Crippen LogP contribution in [0.15, 0.2) is 24.3 Å². The first-order valence-electron chi connectivity index (χ1n) is 7.19. The number of likely N-dealkylation sites (N-methyl/N-ethyl adjacent to an activating group) is 1. The van der Waals surface area contributed by atoms with Crippen molar-refractivity contribution in [1.82, 2.24) is 9.80 Å². The molecule has 0 amide bonds. The molecule has 0 spiro atoms. The van der Waals surface area contributed by atoms with Gasteiger partial charge >= 0.3 is 0 Å². The summed E-state index contributed by atoms with van der Waals surface area (Å²) in [6.45, 7) is 4.20. The maximum Gasteiger partial charge on any atom is 0.179 e. The van der Waals surface area contributed by atoms with Crippen LogP contribution in [-0.4, -0.2) is 54.9 Å². The molecule has 0 N–H and O–H groups in total.